The molecule has 0 amide bonds. The van der Waals surface area contributed by atoms with E-state index in [2.05, 4.69) is 3.63 Å². The zero-order valence-corrected chi connectivity index (χ0v) is 11.5. The summed E-state index contributed by atoms with van der Waals surface area (Å²) in [6.07, 6.45) is 2.01. The Balaban J connectivity index is 2.95. The van der Waals surface area contributed by atoms with Crippen molar-refractivity contribution >= 4 is 26.2 Å². The standard InChI is InChI=1S/C9H15F3O4S2/c1-8(13)7-17(5-3-2-4-6-17)16-18(14,15)9(10,11)12/h2-7H2,1H3. The van der Waals surface area contributed by atoms with Gasteiger partial charge in [0.15, 0.2) is 0 Å². The molecular weight excluding hydrogens is 293 g/mol. The van der Waals surface area contributed by atoms with Crippen LogP contribution in [0.4, 0.5) is 13.2 Å². The second-order valence-electron chi connectivity index (χ2n) is 4.25. The predicted molar refractivity (Wildman–Crippen MR) is 62.8 cm³/mol. The fourth-order valence-electron chi connectivity index (χ4n) is 1.84. The molecule has 0 aliphatic carbocycles. The summed E-state index contributed by atoms with van der Waals surface area (Å²) in [7, 11) is -8.11. The van der Waals surface area contributed by atoms with E-state index in [0.29, 0.717) is 12.8 Å². The van der Waals surface area contributed by atoms with Crippen LogP contribution in [0.5, 0.6) is 0 Å². The number of rotatable bonds is 4. The van der Waals surface area contributed by atoms with E-state index >= 15 is 0 Å². The maximum Gasteiger partial charge on any atom is 0.523 e. The lowest BCUT2D eigenvalue weighted by Gasteiger charge is -2.40. The summed E-state index contributed by atoms with van der Waals surface area (Å²) in [5.41, 5.74) is -5.43. The van der Waals surface area contributed by atoms with Crippen molar-refractivity contribution in [3.63, 3.8) is 0 Å². The van der Waals surface area contributed by atoms with Gasteiger partial charge in [-0.3, -0.25) is 4.79 Å². The minimum absolute atomic E-state index is 0.220. The highest BCUT2D eigenvalue weighted by Gasteiger charge is 2.51. The predicted octanol–water partition coefficient (Wildman–Crippen LogP) is 2.35. The van der Waals surface area contributed by atoms with E-state index in [1.54, 1.807) is 0 Å². The van der Waals surface area contributed by atoms with E-state index in [0.717, 1.165) is 6.42 Å². The molecule has 1 aliphatic heterocycles. The summed E-state index contributed by atoms with van der Waals surface area (Å²) in [5.74, 6) is -0.0872. The molecule has 108 valence electrons. The van der Waals surface area contributed by atoms with Crippen LogP contribution in [0.25, 0.3) is 0 Å². The second-order valence-corrected chi connectivity index (χ2v) is 9.20. The lowest BCUT2D eigenvalue weighted by molar-refractivity contribution is -0.114. The molecule has 1 saturated heterocycles. The minimum atomic E-state index is -5.62. The van der Waals surface area contributed by atoms with E-state index in [4.69, 9.17) is 0 Å². The molecule has 4 nitrogen and oxygen atoms in total. The Morgan fingerprint density at radius 1 is 1.22 bits per heavy atom. The van der Waals surface area contributed by atoms with Gasteiger partial charge in [-0.25, -0.2) is 3.63 Å². The number of alkyl halides is 3. The molecule has 0 radical (unpaired) electrons. The molecular formula is C9H15F3O4S2. The number of hydrogen-bond acceptors (Lipinski definition) is 4. The Labute approximate surface area is 106 Å². The highest BCUT2D eigenvalue weighted by Crippen LogP contribution is 2.56. The fraction of sp³-hybridized carbons (Fsp3) is 0.889. The van der Waals surface area contributed by atoms with Crippen LogP contribution in [-0.4, -0.2) is 37.0 Å². The van der Waals surface area contributed by atoms with Crippen molar-refractivity contribution in [1.29, 1.82) is 0 Å². The maximum absolute atomic E-state index is 12.3. The van der Waals surface area contributed by atoms with E-state index in [9.17, 15) is 26.4 Å². The zero-order valence-electron chi connectivity index (χ0n) is 9.83. The average Bonchev–Trinajstić information content (AvgIpc) is 2.14. The Kier molecular flexibility index (Phi) is 4.71. The third-order valence-corrected chi connectivity index (χ3v) is 7.95. The fourth-order valence-corrected chi connectivity index (χ4v) is 7.10. The molecule has 0 aromatic rings. The first-order valence-corrected chi connectivity index (χ1v) is 8.84. The van der Waals surface area contributed by atoms with Crippen LogP contribution in [-0.2, 0) is 18.5 Å². The topological polar surface area (TPSA) is 60.4 Å². The van der Waals surface area contributed by atoms with Crippen LogP contribution in [0.3, 0.4) is 0 Å². The lowest BCUT2D eigenvalue weighted by Crippen LogP contribution is -2.32. The van der Waals surface area contributed by atoms with E-state index in [1.807, 2.05) is 0 Å². The van der Waals surface area contributed by atoms with Gasteiger partial charge < -0.3 is 0 Å². The first-order chi connectivity index (χ1) is 8.08. The van der Waals surface area contributed by atoms with Crippen LogP contribution in [0.15, 0.2) is 0 Å². The number of Topliss-reactive ketones (excluding diaryl/α,β-unsaturated/α-hetero) is 1. The molecule has 0 bridgehead atoms. The van der Waals surface area contributed by atoms with Crippen molar-refractivity contribution in [2.24, 2.45) is 0 Å². The Morgan fingerprint density at radius 2 is 1.72 bits per heavy atom. The molecule has 0 saturated carbocycles. The van der Waals surface area contributed by atoms with E-state index in [-0.39, 0.29) is 23.0 Å². The molecule has 9 heteroatoms. The van der Waals surface area contributed by atoms with Gasteiger partial charge in [-0.2, -0.15) is 21.6 Å². The Bertz CT molecular complexity index is 410. The van der Waals surface area contributed by atoms with E-state index in [1.165, 1.54) is 6.92 Å². The van der Waals surface area contributed by atoms with Crippen LogP contribution >= 0.6 is 10.3 Å². The van der Waals surface area contributed by atoms with Gasteiger partial charge in [0.1, 0.15) is 5.78 Å². The number of hydrogen-bond donors (Lipinski definition) is 0. The molecule has 1 heterocycles. The number of halogens is 3. The van der Waals surface area contributed by atoms with Crippen molar-refractivity contribution < 1.29 is 30.0 Å². The highest BCUT2D eigenvalue weighted by molar-refractivity contribution is 8.33. The lowest BCUT2D eigenvalue weighted by atomic mass is 10.3. The van der Waals surface area contributed by atoms with Crippen molar-refractivity contribution in [3.8, 4) is 0 Å². The van der Waals surface area contributed by atoms with Crippen molar-refractivity contribution in [2.75, 3.05) is 17.3 Å². The maximum atomic E-state index is 12.3. The first kappa shape index (κ1) is 15.8. The molecule has 0 aromatic heterocycles. The van der Waals surface area contributed by atoms with Gasteiger partial charge in [0.05, 0.1) is 5.75 Å². The molecule has 1 rings (SSSR count). The number of carbonyl (C=O) groups is 1. The summed E-state index contributed by atoms with van der Waals surface area (Å²) in [6.45, 7) is 1.23. The molecule has 18 heavy (non-hydrogen) atoms. The third kappa shape index (κ3) is 3.86. The molecule has 0 atom stereocenters. The van der Waals surface area contributed by atoms with Gasteiger partial charge in [-0.1, -0.05) is 6.42 Å². The van der Waals surface area contributed by atoms with Gasteiger partial charge in [0.2, 0.25) is 0 Å². The minimum Gasteiger partial charge on any atom is -0.299 e. The number of ketones is 1. The van der Waals surface area contributed by atoms with Crippen molar-refractivity contribution in [3.05, 3.63) is 0 Å². The first-order valence-electron chi connectivity index (χ1n) is 5.36. The quantitative estimate of drug-likeness (QED) is 0.748. The molecule has 0 spiro atoms. The van der Waals surface area contributed by atoms with Gasteiger partial charge in [-0.15, -0.1) is 10.3 Å². The van der Waals surface area contributed by atoms with Gasteiger partial charge in [0.25, 0.3) is 0 Å². The van der Waals surface area contributed by atoms with Crippen LogP contribution in [0.1, 0.15) is 26.2 Å². The highest BCUT2D eigenvalue weighted by atomic mass is 32.3. The SMILES string of the molecule is CC(=O)CS1(OS(=O)(=O)C(F)(F)F)CCCCC1. The Morgan fingerprint density at radius 3 is 2.11 bits per heavy atom. The molecule has 1 aliphatic rings. The van der Waals surface area contributed by atoms with Gasteiger partial charge in [0, 0.05) is 11.5 Å². The second kappa shape index (κ2) is 5.38. The largest absolute Gasteiger partial charge is 0.523 e. The average molecular weight is 308 g/mol. The smallest absolute Gasteiger partial charge is 0.299 e. The molecule has 0 N–H and O–H groups in total. The molecule has 0 aromatic carbocycles. The third-order valence-electron chi connectivity index (χ3n) is 2.52. The van der Waals surface area contributed by atoms with Crippen LogP contribution < -0.4 is 0 Å². The molecule has 1 fully saturated rings. The van der Waals surface area contributed by atoms with Crippen LogP contribution in [0.2, 0.25) is 0 Å². The van der Waals surface area contributed by atoms with Gasteiger partial charge >= 0.3 is 15.6 Å². The number of carbonyl (C=O) groups excluding carboxylic acids is 1. The summed E-state index contributed by atoms with van der Waals surface area (Å²) >= 11 is 0. The summed E-state index contributed by atoms with van der Waals surface area (Å²) in [6, 6.07) is 0. The molecule has 0 unspecified atom stereocenters. The monoisotopic (exact) mass is 308 g/mol. The van der Waals surface area contributed by atoms with Gasteiger partial charge in [-0.05, 0) is 19.8 Å². The van der Waals surface area contributed by atoms with E-state index < -0.39 is 25.9 Å². The van der Waals surface area contributed by atoms with Crippen LogP contribution in [0, 0.1) is 0 Å². The zero-order chi connectivity index (χ0) is 14.0. The van der Waals surface area contributed by atoms with Crippen molar-refractivity contribution in [2.45, 2.75) is 31.7 Å². The summed E-state index contributed by atoms with van der Waals surface area (Å²) in [4.78, 5) is 11.1. The Hall–Kier alpha value is -0.280. The summed E-state index contributed by atoms with van der Waals surface area (Å²) < 4.78 is 63.5. The summed E-state index contributed by atoms with van der Waals surface area (Å²) in [5, 5.41) is 0. The van der Waals surface area contributed by atoms with Crippen molar-refractivity contribution in [1.82, 2.24) is 0 Å². The normalized spacial score (nSPS) is 22.4.